The third kappa shape index (κ3) is 7.52. The first kappa shape index (κ1) is 28.6. The summed E-state index contributed by atoms with van der Waals surface area (Å²) in [6, 6.07) is 0. The van der Waals surface area contributed by atoms with Gasteiger partial charge in [-0.15, -0.1) is 0 Å². The molecule has 3 nitrogen and oxygen atoms in total. The van der Waals surface area contributed by atoms with Crippen molar-refractivity contribution in [2.75, 3.05) is 0 Å². The van der Waals surface area contributed by atoms with Crippen molar-refractivity contribution in [3.05, 3.63) is 35.5 Å². The number of aliphatic hydroxyl groups is 3. The summed E-state index contributed by atoms with van der Waals surface area (Å²) >= 11 is 0. The van der Waals surface area contributed by atoms with Gasteiger partial charge in [0.25, 0.3) is 0 Å². The zero-order valence-corrected chi connectivity index (χ0v) is 22.7. The van der Waals surface area contributed by atoms with Crippen molar-refractivity contribution >= 4 is 0 Å². The number of halogens is 1. The van der Waals surface area contributed by atoms with Gasteiger partial charge in [0.2, 0.25) is 0 Å². The Morgan fingerprint density at radius 2 is 1.89 bits per heavy atom. The Hall–Kier alpha value is -0.970. The summed E-state index contributed by atoms with van der Waals surface area (Å²) < 4.78 is 14.2. The standard InChI is InChI=1S/C31H51FO3/c1-21(33)9-6-10-23(11-7-17-30(3,4)35)27-15-16-28-24(12-8-18-31(27,28)5)13-14-25-19-26(34)20-29(32)22(25)2/h13-14,21,23,26-29,33-35H,2,6-12,15-20H2,1,3-5H3/t21?,23?,26?,27-,28?,29+,31-/m1/s1. The molecule has 3 rings (SSSR count). The summed E-state index contributed by atoms with van der Waals surface area (Å²) in [6.07, 6.45) is 15.1. The summed E-state index contributed by atoms with van der Waals surface area (Å²) in [7, 11) is 0. The molecule has 0 aromatic carbocycles. The van der Waals surface area contributed by atoms with Crippen LogP contribution in [0.5, 0.6) is 0 Å². The molecule has 0 amide bonds. The Morgan fingerprint density at radius 1 is 1.17 bits per heavy atom. The maximum Gasteiger partial charge on any atom is 0.127 e. The molecule has 7 atom stereocenters. The van der Waals surface area contributed by atoms with E-state index in [1.54, 1.807) is 0 Å². The van der Waals surface area contributed by atoms with Crippen LogP contribution in [0, 0.1) is 23.2 Å². The molecule has 3 saturated carbocycles. The van der Waals surface area contributed by atoms with E-state index in [0.29, 0.717) is 29.7 Å². The second-order valence-electron chi connectivity index (χ2n) is 12.9. The Bertz CT molecular complexity index is 777. The SMILES string of the molecule is C=C1C(=CC=C2CCC[C@@]3(C)C2CC[C@@H]3C(CCCC(C)O)CCCC(C)(C)O)CC(O)C[C@@H]1F. The van der Waals surface area contributed by atoms with Crippen LogP contribution in [0.15, 0.2) is 35.5 Å². The largest absolute Gasteiger partial charge is 0.393 e. The monoisotopic (exact) mass is 490 g/mol. The van der Waals surface area contributed by atoms with Gasteiger partial charge in [0.05, 0.1) is 17.8 Å². The van der Waals surface area contributed by atoms with Crippen molar-refractivity contribution in [1.29, 1.82) is 0 Å². The zero-order chi connectivity index (χ0) is 25.8. The number of rotatable bonds is 10. The normalized spacial score (nSPS) is 35.9. The van der Waals surface area contributed by atoms with Crippen molar-refractivity contribution < 1.29 is 19.7 Å². The minimum absolute atomic E-state index is 0.166. The second-order valence-corrected chi connectivity index (χ2v) is 12.9. The third-order valence-electron chi connectivity index (χ3n) is 9.39. The van der Waals surface area contributed by atoms with Gasteiger partial charge in [0.15, 0.2) is 0 Å². The van der Waals surface area contributed by atoms with Crippen molar-refractivity contribution in [3.63, 3.8) is 0 Å². The minimum atomic E-state index is -1.14. The highest BCUT2D eigenvalue weighted by Gasteiger charge is 2.51. The van der Waals surface area contributed by atoms with Crippen LogP contribution in [0.3, 0.4) is 0 Å². The molecule has 35 heavy (non-hydrogen) atoms. The first-order chi connectivity index (χ1) is 16.4. The number of fused-ring (bicyclic) bond motifs is 1. The molecule has 0 heterocycles. The fraction of sp³-hybridized carbons (Fsp3) is 0.806. The minimum Gasteiger partial charge on any atom is -0.393 e. The molecule has 200 valence electrons. The highest BCUT2D eigenvalue weighted by Crippen LogP contribution is 2.60. The third-order valence-corrected chi connectivity index (χ3v) is 9.39. The van der Waals surface area contributed by atoms with Crippen molar-refractivity contribution in [3.8, 4) is 0 Å². The molecule has 0 saturated heterocycles. The molecule has 4 unspecified atom stereocenters. The average Bonchev–Trinajstić information content (AvgIpc) is 3.10. The number of aliphatic hydroxyl groups excluding tert-OH is 2. The predicted octanol–water partition coefficient (Wildman–Crippen LogP) is 7.21. The topological polar surface area (TPSA) is 60.7 Å². The zero-order valence-electron chi connectivity index (χ0n) is 22.7. The highest BCUT2D eigenvalue weighted by molar-refractivity contribution is 5.38. The van der Waals surface area contributed by atoms with Gasteiger partial charge in [0.1, 0.15) is 6.17 Å². The Balaban J connectivity index is 1.76. The van der Waals surface area contributed by atoms with Crippen LogP contribution in [0.25, 0.3) is 0 Å². The van der Waals surface area contributed by atoms with E-state index < -0.39 is 17.9 Å². The van der Waals surface area contributed by atoms with Crippen LogP contribution in [-0.2, 0) is 0 Å². The molecule has 0 spiro atoms. The lowest BCUT2D eigenvalue weighted by atomic mass is 9.60. The van der Waals surface area contributed by atoms with Crippen LogP contribution in [0.2, 0.25) is 0 Å². The fourth-order valence-corrected chi connectivity index (χ4v) is 7.51. The molecule has 0 aromatic rings. The van der Waals surface area contributed by atoms with Gasteiger partial charge in [-0.05, 0) is 106 Å². The molecule has 3 aliphatic rings. The maximum absolute atomic E-state index is 14.2. The molecule has 3 aliphatic carbocycles. The van der Waals surface area contributed by atoms with Crippen molar-refractivity contribution in [2.24, 2.45) is 23.2 Å². The quantitative estimate of drug-likeness (QED) is 0.303. The van der Waals surface area contributed by atoms with Crippen molar-refractivity contribution in [1.82, 2.24) is 0 Å². The van der Waals surface area contributed by atoms with Gasteiger partial charge >= 0.3 is 0 Å². The van der Waals surface area contributed by atoms with Crippen LogP contribution in [0.4, 0.5) is 4.39 Å². The van der Waals surface area contributed by atoms with Crippen LogP contribution in [0.1, 0.15) is 111 Å². The number of alkyl halides is 1. The van der Waals surface area contributed by atoms with Gasteiger partial charge < -0.3 is 15.3 Å². The van der Waals surface area contributed by atoms with E-state index in [1.165, 1.54) is 31.3 Å². The number of hydrogen-bond donors (Lipinski definition) is 3. The molecule has 0 aromatic heterocycles. The molecular formula is C31H51FO3. The summed E-state index contributed by atoms with van der Waals surface area (Å²) in [5.74, 6) is 1.86. The fourth-order valence-electron chi connectivity index (χ4n) is 7.51. The lowest BCUT2D eigenvalue weighted by Gasteiger charge is -2.45. The summed E-state index contributed by atoms with van der Waals surface area (Å²) in [6.45, 7) is 12.2. The van der Waals surface area contributed by atoms with Gasteiger partial charge in [-0.3, -0.25) is 0 Å². The molecule has 3 fully saturated rings. The number of allylic oxidation sites excluding steroid dienone is 4. The first-order valence-electron chi connectivity index (χ1n) is 14.2. The Labute approximate surface area is 213 Å². The second kappa shape index (κ2) is 12.0. The van der Waals surface area contributed by atoms with Crippen LogP contribution >= 0.6 is 0 Å². The van der Waals surface area contributed by atoms with Crippen LogP contribution < -0.4 is 0 Å². The van der Waals surface area contributed by atoms with E-state index in [-0.39, 0.29) is 17.9 Å². The van der Waals surface area contributed by atoms with Gasteiger partial charge in [-0.1, -0.05) is 56.9 Å². The smallest absolute Gasteiger partial charge is 0.127 e. The van der Waals surface area contributed by atoms with Gasteiger partial charge in [-0.25, -0.2) is 4.39 Å². The summed E-state index contributed by atoms with van der Waals surface area (Å²) in [5, 5.41) is 30.1. The summed E-state index contributed by atoms with van der Waals surface area (Å²) in [5.41, 5.74) is 2.57. The van der Waals surface area contributed by atoms with Crippen LogP contribution in [-0.4, -0.2) is 39.3 Å². The maximum atomic E-state index is 14.2. The lowest BCUT2D eigenvalue weighted by Crippen LogP contribution is -2.37. The number of hydrogen-bond acceptors (Lipinski definition) is 3. The molecule has 3 N–H and O–H groups in total. The summed E-state index contributed by atoms with van der Waals surface area (Å²) in [4.78, 5) is 0. The van der Waals surface area contributed by atoms with Gasteiger partial charge in [0, 0.05) is 6.42 Å². The van der Waals surface area contributed by atoms with Crippen molar-refractivity contribution in [2.45, 2.75) is 135 Å². The molecule has 0 bridgehead atoms. The van der Waals surface area contributed by atoms with E-state index in [4.69, 9.17) is 0 Å². The Morgan fingerprint density at radius 3 is 2.57 bits per heavy atom. The molecule has 0 aliphatic heterocycles. The van der Waals surface area contributed by atoms with E-state index >= 15 is 0 Å². The van der Waals surface area contributed by atoms with E-state index in [0.717, 1.165) is 50.5 Å². The molecule has 4 heteroatoms. The predicted molar refractivity (Wildman–Crippen MR) is 143 cm³/mol. The Kier molecular flexibility index (Phi) is 9.85. The molecule has 0 radical (unpaired) electrons. The first-order valence-corrected chi connectivity index (χ1v) is 14.2. The van der Waals surface area contributed by atoms with E-state index in [2.05, 4.69) is 25.7 Å². The highest BCUT2D eigenvalue weighted by atomic mass is 19.1. The van der Waals surface area contributed by atoms with E-state index in [1.807, 2.05) is 20.8 Å². The van der Waals surface area contributed by atoms with Gasteiger partial charge in [-0.2, -0.15) is 0 Å². The van der Waals surface area contributed by atoms with E-state index in [9.17, 15) is 19.7 Å². The lowest BCUT2D eigenvalue weighted by molar-refractivity contribution is 0.0548. The molecular weight excluding hydrogens is 439 g/mol. The average molecular weight is 491 g/mol.